The SMILES string of the molecule is O=C1CCc2cc(S(=O)(=O)Nc3ccc(CN4C(=O)CSC4=O)cc3)c(F)cc2N1. The fraction of sp³-hybridized carbons (Fsp3) is 0.211. The molecule has 4 rings (SSSR count). The van der Waals surface area contributed by atoms with E-state index in [9.17, 15) is 27.2 Å². The predicted molar refractivity (Wildman–Crippen MR) is 109 cm³/mol. The van der Waals surface area contributed by atoms with Gasteiger partial charge in [-0.1, -0.05) is 23.9 Å². The molecule has 0 unspecified atom stereocenters. The van der Waals surface area contributed by atoms with Crippen molar-refractivity contribution in [2.45, 2.75) is 24.3 Å². The highest BCUT2D eigenvalue weighted by molar-refractivity contribution is 8.14. The first-order chi connectivity index (χ1) is 14.2. The van der Waals surface area contributed by atoms with Crippen molar-refractivity contribution >= 4 is 50.2 Å². The lowest BCUT2D eigenvalue weighted by molar-refractivity contribution is -0.125. The van der Waals surface area contributed by atoms with E-state index in [2.05, 4.69) is 10.0 Å². The van der Waals surface area contributed by atoms with Crippen LogP contribution in [0.15, 0.2) is 41.3 Å². The Kier molecular flexibility index (Phi) is 5.24. The third-order valence-corrected chi connectivity index (χ3v) is 6.99. The number of nitrogens with one attached hydrogen (secondary N) is 2. The summed E-state index contributed by atoms with van der Waals surface area (Å²) in [6.45, 7) is 0.100. The zero-order valence-electron chi connectivity index (χ0n) is 15.5. The number of imide groups is 1. The number of hydrogen-bond donors (Lipinski definition) is 2. The summed E-state index contributed by atoms with van der Waals surface area (Å²) in [4.78, 5) is 35.4. The number of amides is 3. The molecule has 2 aromatic carbocycles. The minimum atomic E-state index is -4.20. The standard InChI is InChI=1S/C19H16FN3O5S2/c20-14-8-15-12(3-6-17(24)21-15)7-16(14)30(27,28)22-13-4-1-11(2-5-13)9-23-18(25)10-29-19(23)26/h1-2,4-5,7-8,22H,3,6,9-10H2,(H,21,24). The van der Waals surface area contributed by atoms with Crippen molar-refractivity contribution in [3.63, 3.8) is 0 Å². The second-order valence-electron chi connectivity index (χ2n) is 6.82. The molecule has 30 heavy (non-hydrogen) atoms. The molecule has 3 amide bonds. The van der Waals surface area contributed by atoms with Gasteiger partial charge in [0.05, 0.1) is 12.3 Å². The molecule has 0 atom stereocenters. The Morgan fingerprint density at radius 3 is 2.50 bits per heavy atom. The van der Waals surface area contributed by atoms with Crippen molar-refractivity contribution in [3.8, 4) is 0 Å². The quantitative estimate of drug-likeness (QED) is 0.726. The van der Waals surface area contributed by atoms with E-state index in [4.69, 9.17) is 0 Å². The fourth-order valence-electron chi connectivity index (χ4n) is 3.19. The van der Waals surface area contributed by atoms with Crippen LogP contribution < -0.4 is 10.0 Å². The maximum atomic E-state index is 14.4. The average molecular weight is 449 g/mol. The van der Waals surface area contributed by atoms with Crippen molar-refractivity contribution < 1.29 is 27.2 Å². The number of halogens is 1. The van der Waals surface area contributed by atoms with E-state index < -0.39 is 20.7 Å². The van der Waals surface area contributed by atoms with E-state index in [1.54, 1.807) is 12.1 Å². The van der Waals surface area contributed by atoms with Gasteiger partial charge in [0.15, 0.2) is 0 Å². The van der Waals surface area contributed by atoms with Crippen LogP contribution in [0.5, 0.6) is 0 Å². The van der Waals surface area contributed by atoms with E-state index >= 15 is 0 Å². The normalized spacial score (nSPS) is 16.4. The second kappa shape index (κ2) is 7.73. The van der Waals surface area contributed by atoms with E-state index in [-0.39, 0.29) is 47.1 Å². The summed E-state index contributed by atoms with van der Waals surface area (Å²) in [5, 5.41) is 2.21. The summed E-state index contributed by atoms with van der Waals surface area (Å²) >= 11 is 0.940. The lowest BCUT2D eigenvalue weighted by Crippen LogP contribution is -2.27. The zero-order valence-corrected chi connectivity index (χ0v) is 17.1. The van der Waals surface area contributed by atoms with Gasteiger partial charge in [-0.25, -0.2) is 12.8 Å². The van der Waals surface area contributed by atoms with Crippen molar-refractivity contribution in [1.82, 2.24) is 4.90 Å². The minimum Gasteiger partial charge on any atom is -0.326 e. The van der Waals surface area contributed by atoms with Crippen molar-refractivity contribution in [1.29, 1.82) is 0 Å². The Bertz CT molecular complexity index is 1150. The molecule has 1 fully saturated rings. The second-order valence-corrected chi connectivity index (χ2v) is 9.40. The van der Waals surface area contributed by atoms with Crippen LogP contribution in [0, 0.1) is 5.82 Å². The molecule has 0 aromatic heterocycles. The van der Waals surface area contributed by atoms with Crippen LogP contribution in [0.2, 0.25) is 0 Å². The zero-order chi connectivity index (χ0) is 21.5. The van der Waals surface area contributed by atoms with Crippen LogP contribution in [-0.2, 0) is 32.6 Å². The van der Waals surface area contributed by atoms with Crippen LogP contribution >= 0.6 is 11.8 Å². The van der Waals surface area contributed by atoms with E-state index in [1.165, 1.54) is 18.2 Å². The van der Waals surface area contributed by atoms with Gasteiger partial charge in [-0.05, 0) is 41.8 Å². The molecule has 2 aliphatic rings. The Labute approximate surface area is 175 Å². The number of carbonyl (C=O) groups excluding carboxylic acids is 3. The Hall–Kier alpha value is -2.92. The van der Waals surface area contributed by atoms with Crippen LogP contribution in [0.25, 0.3) is 0 Å². The van der Waals surface area contributed by atoms with Crippen molar-refractivity contribution in [3.05, 3.63) is 53.3 Å². The molecule has 0 aliphatic carbocycles. The summed E-state index contributed by atoms with van der Waals surface area (Å²) in [6, 6.07) is 8.35. The number of rotatable bonds is 5. The topological polar surface area (TPSA) is 113 Å². The summed E-state index contributed by atoms with van der Waals surface area (Å²) in [7, 11) is -4.20. The molecule has 2 aromatic rings. The van der Waals surface area contributed by atoms with Gasteiger partial charge in [0.1, 0.15) is 10.7 Å². The van der Waals surface area contributed by atoms with Gasteiger partial charge in [-0.15, -0.1) is 0 Å². The first-order valence-electron chi connectivity index (χ1n) is 8.94. The van der Waals surface area contributed by atoms with Gasteiger partial charge < -0.3 is 5.32 Å². The van der Waals surface area contributed by atoms with Crippen LogP contribution in [0.3, 0.4) is 0 Å². The molecule has 2 heterocycles. The molecule has 0 radical (unpaired) electrons. The summed E-state index contributed by atoms with van der Waals surface area (Å²) in [5.41, 5.74) is 1.68. The lowest BCUT2D eigenvalue weighted by Gasteiger charge is -2.18. The number of nitrogens with zero attached hydrogens (tertiary/aromatic N) is 1. The number of anilines is 2. The highest BCUT2D eigenvalue weighted by Crippen LogP contribution is 2.29. The number of carbonyl (C=O) groups is 3. The largest absolute Gasteiger partial charge is 0.326 e. The maximum absolute atomic E-state index is 14.4. The van der Waals surface area contributed by atoms with E-state index in [1.807, 2.05) is 0 Å². The third kappa shape index (κ3) is 4.03. The van der Waals surface area contributed by atoms with Gasteiger partial charge in [0.25, 0.3) is 15.3 Å². The number of sulfonamides is 1. The summed E-state index contributed by atoms with van der Waals surface area (Å²) in [5.74, 6) is -1.36. The van der Waals surface area contributed by atoms with Crippen LogP contribution in [0.1, 0.15) is 17.5 Å². The molecule has 11 heteroatoms. The maximum Gasteiger partial charge on any atom is 0.289 e. The highest BCUT2D eigenvalue weighted by Gasteiger charge is 2.30. The van der Waals surface area contributed by atoms with Crippen molar-refractivity contribution in [2.75, 3.05) is 15.8 Å². The summed E-state index contributed by atoms with van der Waals surface area (Å²) < 4.78 is 42.1. The fourth-order valence-corrected chi connectivity index (χ4v) is 5.08. The summed E-state index contributed by atoms with van der Waals surface area (Å²) in [6.07, 6.45) is 0.526. The smallest absolute Gasteiger partial charge is 0.289 e. The number of benzene rings is 2. The number of thioether (sulfide) groups is 1. The van der Waals surface area contributed by atoms with Gasteiger partial charge >= 0.3 is 0 Å². The number of hydrogen-bond acceptors (Lipinski definition) is 6. The predicted octanol–water partition coefficient (Wildman–Crippen LogP) is 2.71. The molecule has 0 saturated carbocycles. The molecular formula is C19H16FN3O5S2. The van der Waals surface area contributed by atoms with Gasteiger partial charge in [0.2, 0.25) is 11.8 Å². The third-order valence-electron chi connectivity index (χ3n) is 4.73. The average Bonchev–Trinajstić information content (AvgIpc) is 3.00. The molecule has 2 N–H and O–H groups in total. The molecule has 0 bridgehead atoms. The Morgan fingerprint density at radius 2 is 1.83 bits per heavy atom. The first-order valence-corrected chi connectivity index (χ1v) is 11.4. The van der Waals surface area contributed by atoms with Gasteiger partial charge in [0, 0.05) is 17.8 Å². The van der Waals surface area contributed by atoms with E-state index in [0.29, 0.717) is 17.5 Å². The Morgan fingerprint density at radius 1 is 1.10 bits per heavy atom. The highest BCUT2D eigenvalue weighted by atomic mass is 32.2. The van der Waals surface area contributed by atoms with Gasteiger partial charge in [-0.2, -0.15) is 0 Å². The van der Waals surface area contributed by atoms with Crippen molar-refractivity contribution in [2.24, 2.45) is 0 Å². The van der Waals surface area contributed by atoms with Crippen LogP contribution in [0.4, 0.5) is 20.6 Å². The molecule has 2 aliphatic heterocycles. The molecular weight excluding hydrogens is 433 g/mol. The lowest BCUT2D eigenvalue weighted by atomic mass is 10.0. The monoisotopic (exact) mass is 449 g/mol. The van der Waals surface area contributed by atoms with E-state index in [0.717, 1.165) is 22.7 Å². The molecule has 0 spiro atoms. The molecule has 156 valence electrons. The number of fused-ring (bicyclic) bond motifs is 1. The molecule has 8 nitrogen and oxygen atoms in total. The number of aryl methyl sites for hydroxylation is 1. The Balaban J connectivity index is 1.52. The molecule has 1 saturated heterocycles. The van der Waals surface area contributed by atoms with Crippen LogP contribution in [-0.4, -0.2) is 36.1 Å². The minimum absolute atomic E-state index is 0.100. The van der Waals surface area contributed by atoms with Gasteiger partial charge in [-0.3, -0.25) is 24.0 Å². The first kappa shape index (κ1) is 20.4.